The van der Waals surface area contributed by atoms with Crippen molar-refractivity contribution >= 4 is 0 Å². The second kappa shape index (κ2) is 5.85. The van der Waals surface area contributed by atoms with Crippen molar-refractivity contribution in [2.24, 2.45) is 0 Å². The summed E-state index contributed by atoms with van der Waals surface area (Å²) in [6.07, 6.45) is 0.929. The molecule has 0 fully saturated rings. The predicted octanol–water partition coefficient (Wildman–Crippen LogP) is 2.41. The van der Waals surface area contributed by atoms with Gasteiger partial charge in [0.05, 0.1) is 6.61 Å². The smallest absolute Gasteiger partial charge is 0.213 e. The summed E-state index contributed by atoms with van der Waals surface area (Å²) in [6, 6.07) is 5.92. The Morgan fingerprint density at radius 3 is 2.69 bits per heavy atom. The lowest BCUT2D eigenvalue weighted by molar-refractivity contribution is 0.325. The summed E-state index contributed by atoms with van der Waals surface area (Å²) < 4.78 is 5.36. The molecular formula is C13H22N2O. The van der Waals surface area contributed by atoms with Gasteiger partial charge < -0.3 is 10.1 Å². The zero-order chi connectivity index (χ0) is 12.0. The summed E-state index contributed by atoms with van der Waals surface area (Å²) in [5.41, 5.74) is 1.24. The van der Waals surface area contributed by atoms with E-state index in [2.05, 4.69) is 31.1 Å². The Labute approximate surface area is 98.2 Å². The Morgan fingerprint density at radius 2 is 2.06 bits per heavy atom. The molecule has 1 heterocycles. The van der Waals surface area contributed by atoms with Crippen LogP contribution in [0.5, 0.6) is 5.88 Å². The number of rotatable bonds is 5. The van der Waals surface area contributed by atoms with Crippen LogP contribution >= 0.6 is 0 Å². The minimum Gasteiger partial charge on any atom is -0.478 e. The normalized spacial score (nSPS) is 11.5. The topological polar surface area (TPSA) is 34.1 Å². The molecule has 0 bridgehead atoms. The Morgan fingerprint density at radius 1 is 1.31 bits per heavy atom. The summed E-state index contributed by atoms with van der Waals surface area (Å²) in [4.78, 5) is 4.42. The molecule has 3 nitrogen and oxygen atoms in total. The van der Waals surface area contributed by atoms with Crippen LogP contribution in [0.2, 0.25) is 0 Å². The first-order valence-electron chi connectivity index (χ1n) is 5.85. The molecule has 0 amide bonds. The standard InChI is InChI=1S/C13H22N2O/c1-5-16-12-8-6-7-11(15-12)9-10-14-13(2,3)4/h6-8,14H,5,9-10H2,1-4H3. The Hall–Kier alpha value is -1.09. The van der Waals surface area contributed by atoms with Crippen molar-refractivity contribution in [3.63, 3.8) is 0 Å². The average molecular weight is 222 g/mol. The number of hydrogen-bond donors (Lipinski definition) is 1. The van der Waals surface area contributed by atoms with E-state index in [9.17, 15) is 0 Å². The van der Waals surface area contributed by atoms with E-state index in [-0.39, 0.29) is 5.54 Å². The molecule has 0 aliphatic rings. The summed E-state index contributed by atoms with van der Waals surface area (Å²) in [6.45, 7) is 10.1. The molecule has 0 atom stereocenters. The largest absolute Gasteiger partial charge is 0.478 e. The summed E-state index contributed by atoms with van der Waals surface area (Å²) in [7, 11) is 0. The zero-order valence-electron chi connectivity index (χ0n) is 10.7. The van der Waals surface area contributed by atoms with E-state index in [0.29, 0.717) is 6.61 Å². The third kappa shape index (κ3) is 5.12. The van der Waals surface area contributed by atoms with Crippen molar-refractivity contribution < 1.29 is 4.74 Å². The maximum atomic E-state index is 5.36. The summed E-state index contributed by atoms with van der Waals surface area (Å²) in [5.74, 6) is 0.718. The molecule has 0 aromatic carbocycles. The molecule has 0 saturated heterocycles. The van der Waals surface area contributed by atoms with Gasteiger partial charge >= 0.3 is 0 Å². The van der Waals surface area contributed by atoms with Crippen molar-refractivity contribution in [2.45, 2.75) is 39.7 Å². The van der Waals surface area contributed by atoms with Crippen molar-refractivity contribution in [1.82, 2.24) is 10.3 Å². The molecule has 1 aromatic heterocycles. The number of pyridine rings is 1. The number of hydrogen-bond acceptors (Lipinski definition) is 3. The van der Waals surface area contributed by atoms with Gasteiger partial charge in [0.25, 0.3) is 0 Å². The molecule has 0 saturated carbocycles. The van der Waals surface area contributed by atoms with Gasteiger partial charge in [-0.05, 0) is 33.8 Å². The second-order valence-corrected chi connectivity index (χ2v) is 4.83. The fourth-order valence-corrected chi connectivity index (χ4v) is 1.39. The predicted molar refractivity (Wildman–Crippen MR) is 66.9 cm³/mol. The fourth-order valence-electron chi connectivity index (χ4n) is 1.39. The minimum atomic E-state index is 0.164. The van der Waals surface area contributed by atoms with E-state index in [1.807, 2.05) is 25.1 Å². The number of aromatic nitrogens is 1. The quantitative estimate of drug-likeness (QED) is 0.830. The van der Waals surface area contributed by atoms with Crippen LogP contribution < -0.4 is 10.1 Å². The first kappa shape index (κ1) is 13.0. The highest BCUT2D eigenvalue weighted by Gasteiger charge is 2.08. The van der Waals surface area contributed by atoms with Gasteiger partial charge in [0.1, 0.15) is 0 Å². The molecule has 90 valence electrons. The van der Waals surface area contributed by atoms with Gasteiger partial charge in [-0.3, -0.25) is 0 Å². The van der Waals surface area contributed by atoms with Crippen LogP contribution in [0.15, 0.2) is 18.2 Å². The SMILES string of the molecule is CCOc1cccc(CCNC(C)(C)C)n1. The molecule has 0 radical (unpaired) electrons. The molecule has 16 heavy (non-hydrogen) atoms. The lowest BCUT2D eigenvalue weighted by atomic mass is 10.1. The van der Waals surface area contributed by atoms with Crippen LogP contribution in [0.25, 0.3) is 0 Å². The summed E-state index contributed by atoms with van der Waals surface area (Å²) in [5, 5.41) is 3.44. The van der Waals surface area contributed by atoms with E-state index in [1.54, 1.807) is 0 Å². The van der Waals surface area contributed by atoms with Crippen LogP contribution in [-0.4, -0.2) is 23.7 Å². The highest BCUT2D eigenvalue weighted by molar-refractivity contribution is 5.16. The fraction of sp³-hybridized carbons (Fsp3) is 0.615. The maximum absolute atomic E-state index is 5.36. The highest BCUT2D eigenvalue weighted by Crippen LogP contribution is 2.08. The minimum absolute atomic E-state index is 0.164. The lowest BCUT2D eigenvalue weighted by Gasteiger charge is -2.20. The van der Waals surface area contributed by atoms with E-state index in [4.69, 9.17) is 4.74 Å². The van der Waals surface area contributed by atoms with Crippen LogP contribution in [0.1, 0.15) is 33.4 Å². The van der Waals surface area contributed by atoms with Crippen LogP contribution in [0, 0.1) is 0 Å². The molecule has 0 aliphatic heterocycles. The van der Waals surface area contributed by atoms with Crippen molar-refractivity contribution in [3.8, 4) is 5.88 Å². The second-order valence-electron chi connectivity index (χ2n) is 4.83. The Bertz CT molecular complexity index is 318. The maximum Gasteiger partial charge on any atom is 0.213 e. The number of nitrogens with zero attached hydrogens (tertiary/aromatic N) is 1. The lowest BCUT2D eigenvalue weighted by Crippen LogP contribution is -2.37. The van der Waals surface area contributed by atoms with E-state index < -0.39 is 0 Å². The van der Waals surface area contributed by atoms with E-state index in [0.717, 1.165) is 24.5 Å². The highest BCUT2D eigenvalue weighted by atomic mass is 16.5. The molecule has 1 aromatic rings. The summed E-state index contributed by atoms with van der Waals surface area (Å²) >= 11 is 0. The van der Waals surface area contributed by atoms with Crippen molar-refractivity contribution in [3.05, 3.63) is 23.9 Å². The Kier molecular flexibility index (Phi) is 4.74. The molecule has 1 N–H and O–H groups in total. The average Bonchev–Trinajstić information content (AvgIpc) is 2.17. The van der Waals surface area contributed by atoms with Gasteiger partial charge in [-0.25, -0.2) is 4.98 Å². The Balaban J connectivity index is 2.44. The third-order valence-electron chi connectivity index (χ3n) is 2.11. The van der Waals surface area contributed by atoms with Crippen LogP contribution in [0.4, 0.5) is 0 Å². The van der Waals surface area contributed by atoms with Gasteiger partial charge in [-0.15, -0.1) is 0 Å². The molecule has 0 unspecified atom stereocenters. The van der Waals surface area contributed by atoms with Crippen molar-refractivity contribution in [2.75, 3.05) is 13.2 Å². The first-order chi connectivity index (χ1) is 7.51. The molecule has 1 rings (SSSR count). The number of nitrogens with one attached hydrogen (secondary N) is 1. The monoisotopic (exact) mass is 222 g/mol. The van der Waals surface area contributed by atoms with Gasteiger partial charge in [0.15, 0.2) is 0 Å². The van der Waals surface area contributed by atoms with Crippen LogP contribution in [-0.2, 0) is 6.42 Å². The van der Waals surface area contributed by atoms with Gasteiger partial charge in [0.2, 0.25) is 5.88 Å². The number of ether oxygens (including phenoxy) is 1. The molecule has 0 spiro atoms. The van der Waals surface area contributed by atoms with Crippen LogP contribution in [0.3, 0.4) is 0 Å². The van der Waals surface area contributed by atoms with Crippen molar-refractivity contribution in [1.29, 1.82) is 0 Å². The van der Waals surface area contributed by atoms with Gasteiger partial charge in [0, 0.05) is 30.3 Å². The molecule has 3 heteroatoms. The van der Waals surface area contributed by atoms with Gasteiger partial charge in [-0.1, -0.05) is 6.07 Å². The van der Waals surface area contributed by atoms with Gasteiger partial charge in [-0.2, -0.15) is 0 Å². The van der Waals surface area contributed by atoms with E-state index in [1.165, 1.54) is 0 Å². The zero-order valence-corrected chi connectivity index (χ0v) is 10.7. The van der Waals surface area contributed by atoms with E-state index >= 15 is 0 Å². The molecule has 0 aliphatic carbocycles. The first-order valence-corrected chi connectivity index (χ1v) is 5.85. The third-order valence-corrected chi connectivity index (χ3v) is 2.11. The molecular weight excluding hydrogens is 200 g/mol.